The Kier molecular flexibility index (Phi) is 1.13. The van der Waals surface area contributed by atoms with E-state index in [0.717, 1.165) is 0 Å². The van der Waals surface area contributed by atoms with E-state index in [1.165, 1.54) is 0 Å². The lowest BCUT2D eigenvalue weighted by Gasteiger charge is -2.11. The maximum atomic E-state index is 10.6. The fourth-order valence-electron chi connectivity index (χ4n) is 0. The van der Waals surface area contributed by atoms with Crippen LogP contribution in [-0.2, 0) is 4.79 Å². The van der Waals surface area contributed by atoms with Crippen LogP contribution in [0.1, 0.15) is 29.0 Å². The molecule has 0 radical (unpaired) electrons. The van der Waals surface area contributed by atoms with Gasteiger partial charge in [-0.1, -0.05) is 20.8 Å². The number of ketones is 1. The van der Waals surface area contributed by atoms with Crippen molar-refractivity contribution in [3.63, 3.8) is 0 Å². The molecule has 0 N–H and O–H groups in total. The zero-order valence-corrected chi connectivity index (χ0v) is 5.12. The van der Waals surface area contributed by atoms with Gasteiger partial charge in [0.15, 0.2) is 0 Å². The van der Waals surface area contributed by atoms with Crippen molar-refractivity contribution in [2.24, 2.45) is 5.41 Å². The molecule has 0 amide bonds. The van der Waals surface area contributed by atoms with E-state index in [1.54, 1.807) is 0 Å². The molecule has 0 rings (SSSR count). The van der Waals surface area contributed by atoms with Gasteiger partial charge in [-0.2, -0.15) is 0 Å². The monoisotopic (exact) mass is 101 g/mol. The van der Waals surface area contributed by atoms with Crippen LogP contribution in [0.15, 0.2) is 0 Å². The van der Waals surface area contributed by atoms with Crippen LogP contribution in [0.4, 0.5) is 0 Å². The molecule has 0 aromatic rings. The number of Topliss-reactive ketones (excluding diaryl/α,β-unsaturated/α-hetero) is 1. The SMILES string of the molecule is [2H]CC(=O)C(C)(C)C. The van der Waals surface area contributed by atoms with Crippen molar-refractivity contribution >= 4 is 5.78 Å². The van der Waals surface area contributed by atoms with Crippen LogP contribution in [0.2, 0.25) is 0 Å². The standard InChI is InChI=1S/C6H12O/c1-5(7)6(2,3)4/h1-4H3/i1D. The van der Waals surface area contributed by atoms with Crippen molar-refractivity contribution < 1.29 is 6.17 Å². The van der Waals surface area contributed by atoms with Gasteiger partial charge in [-0.25, -0.2) is 0 Å². The number of carbonyl (C=O) groups is 1. The molecule has 0 aliphatic rings. The first-order valence-corrected chi connectivity index (χ1v) is 2.31. The Morgan fingerprint density at radius 2 is 2.00 bits per heavy atom. The lowest BCUT2D eigenvalue weighted by atomic mass is 9.92. The maximum Gasteiger partial charge on any atom is 0.135 e. The van der Waals surface area contributed by atoms with Crippen molar-refractivity contribution in [3.05, 3.63) is 0 Å². The molecule has 1 nitrogen and oxygen atoms in total. The van der Waals surface area contributed by atoms with Crippen molar-refractivity contribution in [1.29, 1.82) is 0 Å². The average Bonchev–Trinajstić information content (AvgIpc) is 1.62. The van der Waals surface area contributed by atoms with E-state index >= 15 is 0 Å². The number of rotatable bonds is 0. The first-order valence-electron chi connectivity index (χ1n) is 3.01. The van der Waals surface area contributed by atoms with Crippen LogP contribution in [0.3, 0.4) is 0 Å². The van der Waals surface area contributed by atoms with E-state index in [0.29, 0.717) is 0 Å². The normalized spacial score (nSPS) is 13.3. The summed E-state index contributed by atoms with van der Waals surface area (Å²) in [5.74, 6) is -0.00231. The Balaban J connectivity index is 3.82. The fourth-order valence-corrected chi connectivity index (χ4v) is 0. The summed E-state index contributed by atoms with van der Waals surface area (Å²) in [5.41, 5.74) is -0.318. The average molecular weight is 101 g/mol. The summed E-state index contributed by atoms with van der Waals surface area (Å²) in [6.45, 7) is 5.38. The summed E-state index contributed by atoms with van der Waals surface area (Å²) in [6, 6.07) is 0. The van der Waals surface area contributed by atoms with Crippen LogP contribution in [0, 0.1) is 5.41 Å². The van der Waals surface area contributed by atoms with Crippen molar-refractivity contribution in [3.8, 4) is 0 Å². The van der Waals surface area contributed by atoms with Gasteiger partial charge < -0.3 is 0 Å². The molecule has 42 valence electrons. The second-order valence-electron chi connectivity index (χ2n) is 2.67. The summed E-state index contributed by atoms with van der Waals surface area (Å²) in [5, 5.41) is 0. The number of hydrogen-bond donors (Lipinski definition) is 0. The Morgan fingerprint density at radius 1 is 1.57 bits per heavy atom. The van der Waals surface area contributed by atoms with E-state index in [9.17, 15) is 4.79 Å². The van der Waals surface area contributed by atoms with E-state index in [4.69, 9.17) is 1.37 Å². The van der Waals surface area contributed by atoms with Crippen molar-refractivity contribution in [2.45, 2.75) is 27.7 Å². The molecule has 0 aromatic heterocycles. The first kappa shape index (κ1) is 4.82. The molecule has 1 heteroatoms. The Hall–Kier alpha value is -0.330. The molecule has 0 bridgehead atoms. The Bertz CT molecular complexity index is 91.2. The van der Waals surface area contributed by atoms with Gasteiger partial charge in [-0.05, 0) is 6.90 Å². The van der Waals surface area contributed by atoms with E-state index in [1.807, 2.05) is 20.8 Å². The predicted octanol–water partition coefficient (Wildman–Crippen LogP) is 1.62. The zero-order chi connectivity index (χ0) is 6.78. The lowest BCUT2D eigenvalue weighted by molar-refractivity contribution is -0.124. The minimum absolute atomic E-state index is 0.00231. The van der Waals surface area contributed by atoms with Gasteiger partial charge in [0.2, 0.25) is 0 Å². The molecular weight excluding hydrogens is 88.1 g/mol. The van der Waals surface area contributed by atoms with Crippen LogP contribution in [0.25, 0.3) is 0 Å². The molecule has 0 unspecified atom stereocenters. The molecule has 0 spiro atoms. The lowest BCUT2D eigenvalue weighted by Crippen LogP contribution is -2.15. The van der Waals surface area contributed by atoms with E-state index < -0.39 is 0 Å². The summed E-state index contributed by atoms with van der Waals surface area (Å²) in [6.07, 6.45) is 0. The molecule has 0 saturated heterocycles. The summed E-state index contributed by atoms with van der Waals surface area (Å²) >= 11 is 0. The first-order chi connectivity index (χ1) is 3.48. The molecule has 0 aliphatic heterocycles. The maximum absolute atomic E-state index is 10.6. The van der Waals surface area contributed by atoms with Gasteiger partial charge in [-0.3, -0.25) is 4.79 Å². The summed E-state index contributed by atoms with van der Waals surface area (Å²) < 4.78 is 6.71. The smallest absolute Gasteiger partial charge is 0.135 e. The van der Waals surface area contributed by atoms with Crippen LogP contribution in [0.5, 0.6) is 0 Å². The van der Waals surface area contributed by atoms with Crippen LogP contribution >= 0.6 is 0 Å². The van der Waals surface area contributed by atoms with Gasteiger partial charge in [-0.15, -0.1) is 0 Å². The Labute approximate surface area is 46.1 Å². The van der Waals surface area contributed by atoms with Gasteiger partial charge in [0.25, 0.3) is 0 Å². The molecule has 7 heavy (non-hydrogen) atoms. The van der Waals surface area contributed by atoms with Gasteiger partial charge >= 0.3 is 0 Å². The third-order valence-electron chi connectivity index (χ3n) is 0.837. The topological polar surface area (TPSA) is 17.1 Å². The van der Waals surface area contributed by atoms with Crippen molar-refractivity contribution in [1.82, 2.24) is 0 Å². The summed E-state index contributed by atoms with van der Waals surface area (Å²) in [7, 11) is 0. The molecule has 0 saturated carbocycles. The van der Waals surface area contributed by atoms with Gasteiger partial charge in [0, 0.05) is 6.79 Å². The van der Waals surface area contributed by atoms with E-state index in [2.05, 4.69) is 0 Å². The second-order valence-corrected chi connectivity index (χ2v) is 2.67. The minimum atomic E-state index is -0.318. The number of hydrogen-bond acceptors (Lipinski definition) is 1. The third-order valence-corrected chi connectivity index (χ3v) is 0.837. The molecule has 0 aromatic carbocycles. The zero-order valence-electron chi connectivity index (χ0n) is 6.12. The van der Waals surface area contributed by atoms with E-state index in [-0.39, 0.29) is 18.1 Å². The molecule has 0 fully saturated rings. The number of carbonyl (C=O) groups excluding carboxylic acids is 1. The third kappa shape index (κ3) is 2.38. The summed E-state index contributed by atoms with van der Waals surface area (Å²) in [4.78, 5) is 10.6. The predicted molar refractivity (Wildman–Crippen MR) is 30.1 cm³/mol. The largest absolute Gasteiger partial charge is 0.299 e. The minimum Gasteiger partial charge on any atom is -0.299 e. The highest BCUT2D eigenvalue weighted by molar-refractivity contribution is 5.80. The van der Waals surface area contributed by atoms with Crippen LogP contribution in [-0.4, -0.2) is 5.78 Å². The quantitative estimate of drug-likeness (QED) is 0.453. The second kappa shape index (κ2) is 1.65. The molecule has 0 atom stereocenters. The van der Waals surface area contributed by atoms with Crippen LogP contribution < -0.4 is 0 Å². The Morgan fingerprint density at radius 3 is 2.00 bits per heavy atom. The van der Waals surface area contributed by atoms with Gasteiger partial charge in [0.1, 0.15) is 5.78 Å². The highest BCUT2D eigenvalue weighted by atomic mass is 16.1. The fraction of sp³-hybridized carbons (Fsp3) is 0.833. The van der Waals surface area contributed by atoms with Crippen molar-refractivity contribution in [2.75, 3.05) is 0 Å². The molecular formula is C6H12O. The molecule has 0 aliphatic carbocycles. The van der Waals surface area contributed by atoms with Gasteiger partial charge in [0.05, 0.1) is 0 Å². The highest BCUT2D eigenvalue weighted by Gasteiger charge is 2.14. The molecule has 0 heterocycles. The highest BCUT2D eigenvalue weighted by Crippen LogP contribution is 2.12.